The van der Waals surface area contributed by atoms with Crippen LogP contribution in [0.2, 0.25) is 0 Å². The molecule has 3 rings (SSSR count). The molecule has 0 spiro atoms. The fourth-order valence-electron chi connectivity index (χ4n) is 2.72. The van der Waals surface area contributed by atoms with Crippen LogP contribution in [0.3, 0.4) is 0 Å². The van der Waals surface area contributed by atoms with Gasteiger partial charge in [0, 0.05) is 45.4 Å². The summed E-state index contributed by atoms with van der Waals surface area (Å²) in [6.45, 7) is 6.25. The fourth-order valence-corrected chi connectivity index (χ4v) is 2.72. The molecule has 0 radical (unpaired) electrons. The van der Waals surface area contributed by atoms with Crippen LogP contribution in [0.15, 0.2) is 18.5 Å². The highest BCUT2D eigenvalue weighted by molar-refractivity contribution is 5.67. The topological polar surface area (TPSA) is 60.7 Å². The van der Waals surface area contributed by atoms with Gasteiger partial charge >= 0.3 is 0 Å². The molecule has 1 fully saturated rings. The van der Waals surface area contributed by atoms with Crippen LogP contribution in [-0.2, 0) is 9.47 Å². The van der Waals surface area contributed by atoms with E-state index in [9.17, 15) is 0 Å². The highest BCUT2D eigenvalue weighted by atomic mass is 16.5. The number of anilines is 1. The summed E-state index contributed by atoms with van der Waals surface area (Å²) in [6, 6.07) is 2.04. The Labute approximate surface area is 130 Å². The first-order valence-corrected chi connectivity index (χ1v) is 8.03. The van der Waals surface area contributed by atoms with Crippen molar-refractivity contribution < 1.29 is 9.47 Å². The van der Waals surface area contributed by atoms with Gasteiger partial charge in [0.05, 0.1) is 5.69 Å². The van der Waals surface area contributed by atoms with Crippen molar-refractivity contribution in [3.05, 3.63) is 24.2 Å². The summed E-state index contributed by atoms with van der Waals surface area (Å²) < 4.78 is 13.0. The van der Waals surface area contributed by atoms with Gasteiger partial charge in [0.1, 0.15) is 5.52 Å². The molecule has 0 aliphatic carbocycles. The Hall–Kier alpha value is -1.66. The molecule has 22 heavy (non-hydrogen) atoms. The van der Waals surface area contributed by atoms with Crippen molar-refractivity contribution >= 4 is 11.3 Å². The summed E-state index contributed by atoms with van der Waals surface area (Å²) in [5, 5.41) is 7.75. The molecule has 1 saturated heterocycles. The van der Waals surface area contributed by atoms with Gasteiger partial charge in [0.2, 0.25) is 0 Å². The Morgan fingerprint density at radius 1 is 1.41 bits per heavy atom. The van der Waals surface area contributed by atoms with Crippen molar-refractivity contribution in [2.24, 2.45) is 5.92 Å². The van der Waals surface area contributed by atoms with Crippen molar-refractivity contribution in [3.8, 4) is 0 Å². The zero-order chi connectivity index (χ0) is 15.2. The Kier molecular flexibility index (Phi) is 5.24. The third-order valence-corrected chi connectivity index (χ3v) is 3.96. The minimum atomic E-state index is 0.673. The number of hydrogen-bond acceptors (Lipinski definition) is 5. The molecule has 0 atom stereocenters. The molecular formula is C16H24N4O2. The maximum atomic E-state index is 5.77. The highest BCUT2D eigenvalue weighted by Gasteiger charge is 2.13. The Balaban J connectivity index is 1.37. The van der Waals surface area contributed by atoms with Gasteiger partial charge in [0.25, 0.3) is 0 Å². The van der Waals surface area contributed by atoms with Gasteiger partial charge in [-0.3, -0.25) is 0 Å². The molecule has 0 amide bonds. The van der Waals surface area contributed by atoms with E-state index in [1.807, 2.05) is 23.7 Å². The number of aryl methyl sites for hydroxylation is 1. The van der Waals surface area contributed by atoms with Crippen LogP contribution in [0.25, 0.3) is 5.52 Å². The summed E-state index contributed by atoms with van der Waals surface area (Å²) in [5.41, 5.74) is 2.01. The summed E-state index contributed by atoms with van der Waals surface area (Å²) in [7, 11) is 0. The Morgan fingerprint density at radius 2 is 2.27 bits per heavy atom. The van der Waals surface area contributed by atoms with Gasteiger partial charge in [0.15, 0.2) is 5.82 Å². The first kappa shape index (κ1) is 15.2. The number of fused-ring (bicyclic) bond motifs is 1. The summed E-state index contributed by atoms with van der Waals surface area (Å²) in [5.74, 6) is 1.56. The van der Waals surface area contributed by atoms with Crippen LogP contribution >= 0.6 is 0 Å². The maximum Gasteiger partial charge on any atom is 0.152 e. The molecule has 0 bridgehead atoms. The second-order valence-electron chi connectivity index (χ2n) is 5.80. The molecule has 120 valence electrons. The molecule has 6 heteroatoms. The number of rotatable bonds is 7. The predicted molar refractivity (Wildman–Crippen MR) is 85.2 cm³/mol. The van der Waals surface area contributed by atoms with Crippen molar-refractivity contribution in [3.63, 3.8) is 0 Å². The monoisotopic (exact) mass is 304 g/mol. The lowest BCUT2D eigenvalue weighted by Gasteiger charge is -2.21. The second-order valence-corrected chi connectivity index (χ2v) is 5.80. The average Bonchev–Trinajstić information content (AvgIpc) is 2.92. The van der Waals surface area contributed by atoms with Crippen LogP contribution in [0.4, 0.5) is 5.82 Å². The largest absolute Gasteiger partial charge is 0.381 e. The molecule has 3 heterocycles. The van der Waals surface area contributed by atoms with Crippen LogP contribution in [0.1, 0.15) is 25.0 Å². The highest BCUT2D eigenvalue weighted by Crippen LogP contribution is 2.15. The molecular weight excluding hydrogens is 280 g/mol. The molecule has 1 N–H and O–H groups in total. The number of ether oxygens (including phenoxy) is 2. The van der Waals surface area contributed by atoms with Crippen molar-refractivity contribution in [2.45, 2.75) is 26.2 Å². The minimum absolute atomic E-state index is 0.673. The predicted octanol–water partition coefficient (Wildman–Crippen LogP) is 2.28. The van der Waals surface area contributed by atoms with Crippen LogP contribution < -0.4 is 5.32 Å². The third-order valence-electron chi connectivity index (χ3n) is 3.96. The molecule has 2 aromatic heterocycles. The lowest BCUT2D eigenvalue weighted by molar-refractivity contribution is 0.0206. The Morgan fingerprint density at radius 3 is 3.14 bits per heavy atom. The summed E-state index contributed by atoms with van der Waals surface area (Å²) in [6.07, 6.45) is 6.86. The third kappa shape index (κ3) is 3.96. The fraction of sp³-hybridized carbons (Fsp3) is 0.625. The molecule has 2 aromatic rings. The van der Waals surface area contributed by atoms with Gasteiger partial charge in [-0.05, 0) is 38.2 Å². The van der Waals surface area contributed by atoms with Gasteiger partial charge in [-0.15, -0.1) is 0 Å². The Bertz CT molecular complexity index is 593. The number of nitrogens with zero attached hydrogens (tertiary/aromatic N) is 3. The first-order chi connectivity index (χ1) is 10.8. The molecule has 0 saturated carbocycles. The lowest BCUT2D eigenvalue weighted by atomic mass is 10.0. The van der Waals surface area contributed by atoms with Gasteiger partial charge in [-0.1, -0.05) is 0 Å². The standard InChI is InChI=1S/C16H24N4O2/c1-13-11-15-16(18-6-7-20(15)19-13)17-5-2-8-22-12-14-3-9-21-10-4-14/h6-7,11,14H,2-5,8-10,12H2,1H3,(H,17,18). The van der Waals surface area contributed by atoms with E-state index in [4.69, 9.17) is 9.47 Å². The first-order valence-electron chi connectivity index (χ1n) is 8.03. The zero-order valence-electron chi connectivity index (χ0n) is 13.1. The summed E-state index contributed by atoms with van der Waals surface area (Å²) in [4.78, 5) is 4.38. The number of nitrogens with one attached hydrogen (secondary N) is 1. The zero-order valence-corrected chi connectivity index (χ0v) is 13.1. The average molecular weight is 304 g/mol. The van der Waals surface area contributed by atoms with E-state index in [0.29, 0.717) is 5.92 Å². The van der Waals surface area contributed by atoms with Gasteiger partial charge in [-0.2, -0.15) is 5.10 Å². The number of hydrogen-bond donors (Lipinski definition) is 1. The maximum absolute atomic E-state index is 5.77. The normalized spacial score (nSPS) is 16.2. The molecule has 6 nitrogen and oxygen atoms in total. The van der Waals surface area contributed by atoms with E-state index in [0.717, 1.165) is 69.3 Å². The molecule has 0 aromatic carbocycles. The van der Waals surface area contributed by atoms with E-state index < -0.39 is 0 Å². The lowest BCUT2D eigenvalue weighted by Crippen LogP contribution is -2.20. The van der Waals surface area contributed by atoms with E-state index in [-0.39, 0.29) is 0 Å². The summed E-state index contributed by atoms with van der Waals surface area (Å²) >= 11 is 0. The van der Waals surface area contributed by atoms with E-state index >= 15 is 0 Å². The van der Waals surface area contributed by atoms with Crippen molar-refractivity contribution in [1.82, 2.24) is 14.6 Å². The molecule has 1 aliphatic rings. The molecule has 0 unspecified atom stereocenters. The smallest absolute Gasteiger partial charge is 0.152 e. The van der Waals surface area contributed by atoms with Gasteiger partial charge < -0.3 is 14.8 Å². The SMILES string of the molecule is Cc1cc2c(NCCCOCC3CCOCC3)nccn2n1. The van der Waals surface area contributed by atoms with E-state index in [1.165, 1.54) is 0 Å². The van der Waals surface area contributed by atoms with E-state index in [2.05, 4.69) is 15.4 Å². The number of aromatic nitrogens is 3. The second kappa shape index (κ2) is 7.56. The van der Waals surface area contributed by atoms with Crippen molar-refractivity contribution in [2.75, 3.05) is 38.3 Å². The van der Waals surface area contributed by atoms with Crippen LogP contribution in [0, 0.1) is 12.8 Å². The quantitative estimate of drug-likeness (QED) is 0.795. The van der Waals surface area contributed by atoms with Crippen LogP contribution in [0.5, 0.6) is 0 Å². The van der Waals surface area contributed by atoms with Crippen molar-refractivity contribution in [1.29, 1.82) is 0 Å². The van der Waals surface area contributed by atoms with E-state index in [1.54, 1.807) is 6.20 Å². The molecule has 1 aliphatic heterocycles. The van der Waals surface area contributed by atoms with Gasteiger partial charge in [-0.25, -0.2) is 9.50 Å². The van der Waals surface area contributed by atoms with Crippen LogP contribution in [-0.4, -0.2) is 47.6 Å². The minimum Gasteiger partial charge on any atom is -0.381 e.